The van der Waals surface area contributed by atoms with E-state index in [1.165, 1.54) is 5.56 Å². The van der Waals surface area contributed by atoms with Gasteiger partial charge in [-0.1, -0.05) is 31.2 Å². The number of nitrogens with zero attached hydrogens (tertiary/aromatic N) is 1. The summed E-state index contributed by atoms with van der Waals surface area (Å²) in [6.07, 6.45) is 1.33. The van der Waals surface area contributed by atoms with Crippen molar-refractivity contribution < 1.29 is 4.79 Å². The summed E-state index contributed by atoms with van der Waals surface area (Å²) in [5.74, 6) is -0.0498. The normalized spacial score (nSPS) is 9.82. The highest BCUT2D eigenvalue weighted by Crippen LogP contribution is 2.14. The van der Waals surface area contributed by atoms with Crippen LogP contribution >= 0.6 is 0 Å². The van der Waals surface area contributed by atoms with Gasteiger partial charge in [-0.25, -0.2) is 0 Å². The van der Waals surface area contributed by atoms with Crippen LogP contribution in [-0.2, 0) is 11.2 Å². The molecule has 0 aliphatic heterocycles. The van der Waals surface area contributed by atoms with Gasteiger partial charge >= 0.3 is 0 Å². The Morgan fingerprint density at radius 3 is 2.55 bits per heavy atom. The first-order valence-electron chi connectivity index (χ1n) is 7.34. The summed E-state index contributed by atoms with van der Waals surface area (Å²) in [5, 5.41) is 15.0. The molecule has 0 radical (unpaired) electrons. The Hall–Kier alpha value is -2.80. The molecule has 22 heavy (non-hydrogen) atoms. The van der Waals surface area contributed by atoms with E-state index in [0.29, 0.717) is 18.5 Å². The van der Waals surface area contributed by atoms with Crippen molar-refractivity contribution in [3.8, 4) is 6.07 Å². The fraction of sp³-hybridized carbons (Fsp3) is 0.222. The molecule has 2 aromatic carbocycles. The third-order valence-electron chi connectivity index (χ3n) is 3.36. The lowest BCUT2D eigenvalue weighted by molar-refractivity contribution is -0.115. The van der Waals surface area contributed by atoms with Crippen molar-refractivity contribution in [1.82, 2.24) is 0 Å². The van der Waals surface area contributed by atoms with Crippen LogP contribution in [0.3, 0.4) is 0 Å². The third-order valence-corrected chi connectivity index (χ3v) is 3.36. The van der Waals surface area contributed by atoms with Crippen molar-refractivity contribution in [2.75, 3.05) is 17.2 Å². The Kier molecular flexibility index (Phi) is 5.56. The topological polar surface area (TPSA) is 64.9 Å². The molecule has 4 heteroatoms. The summed E-state index contributed by atoms with van der Waals surface area (Å²) in [4.78, 5) is 11.9. The van der Waals surface area contributed by atoms with Gasteiger partial charge in [0.25, 0.3) is 0 Å². The van der Waals surface area contributed by atoms with Crippen molar-refractivity contribution in [3.63, 3.8) is 0 Å². The van der Waals surface area contributed by atoms with Gasteiger partial charge in [0.2, 0.25) is 5.91 Å². The van der Waals surface area contributed by atoms with Gasteiger partial charge in [-0.3, -0.25) is 4.79 Å². The summed E-state index contributed by atoms with van der Waals surface area (Å²) in [6.45, 7) is 2.58. The summed E-state index contributed by atoms with van der Waals surface area (Å²) < 4.78 is 0. The third kappa shape index (κ3) is 4.35. The molecule has 2 rings (SSSR count). The van der Waals surface area contributed by atoms with Crippen LogP contribution in [0, 0.1) is 11.3 Å². The molecule has 2 aromatic rings. The minimum Gasteiger partial charge on any atom is -0.383 e. The van der Waals surface area contributed by atoms with Crippen LogP contribution in [0.4, 0.5) is 11.4 Å². The van der Waals surface area contributed by atoms with Gasteiger partial charge in [-0.2, -0.15) is 5.26 Å². The second-order valence-electron chi connectivity index (χ2n) is 4.93. The quantitative estimate of drug-likeness (QED) is 0.856. The summed E-state index contributed by atoms with van der Waals surface area (Å²) >= 11 is 0. The van der Waals surface area contributed by atoms with Gasteiger partial charge < -0.3 is 10.6 Å². The van der Waals surface area contributed by atoms with E-state index < -0.39 is 0 Å². The molecule has 1 amide bonds. The molecule has 0 aliphatic carbocycles. The lowest BCUT2D eigenvalue weighted by atomic mass is 10.1. The monoisotopic (exact) mass is 293 g/mol. The minimum absolute atomic E-state index is 0.0498. The van der Waals surface area contributed by atoms with Crippen LogP contribution in [-0.4, -0.2) is 12.5 Å². The van der Waals surface area contributed by atoms with Gasteiger partial charge in [-0.05, 0) is 36.2 Å². The van der Waals surface area contributed by atoms with E-state index in [0.717, 1.165) is 17.8 Å². The number of rotatable bonds is 6. The Bertz CT molecular complexity index is 671. The number of hydrogen-bond donors (Lipinski definition) is 2. The number of anilines is 2. The van der Waals surface area contributed by atoms with E-state index in [-0.39, 0.29) is 5.91 Å². The first-order valence-corrected chi connectivity index (χ1v) is 7.34. The van der Waals surface area contributed by atoms with Crippen LogP contribution in [0.15, 0.2) is 48.5 Å². The molecule has 0 unspecified atom stereocenters. The zero-order valence-electron chi connectivity index (χ0n) is 12.6. The number of hydrogen-bond acceptors (Lipinski definition) is 3. The van der Waals surface area contributed by atoms with Crippen molar-refractivity contribution in [2.24, 2.45) is 0 Å². The van der Waals surface area contributed by atoms with Gasteiger partial charge in [-0.15, -0.1) is 0 Å². The number of benzene rings is 2. The van der Waals surface area contributed by atoms with Crippen molar-refractivity contribution >= 4 is 17.3 Å². The Labute approximate surface area is 130 Å². The predicted molar refractivity (Wildman–Crippen MR) is 88.7 cm³/mol. The molecule has 0 bridgehead atoms. The van der Waals surface area contributed by atoms with Crippen LogP contribution in [0.2, 0.25) is 0 Å². The first-order chi connectivity index (χ1) is 10.7. The maximum atomic E-state index is 11.9. The fourth-order valence-electron chi connectivity index (χ4n) is 2.09. The first kappa shape index (κ1) is 15.6. The van der Waals surface area contributed by atoms with Crippen molar-refractivity contribution in [2.45, 2.75) is 19.8 Å². The number of carbonyl (C=O) groups excluding carboxylic acids is 1. The molecule has 2 N–H and O–H groups in total. The maximum absolute atomic E-state index is 11.9. The Morgan fingerprint density at radius 1 is 1.14 bits per heavy atom. The van der Waals surface area contributed by atoms with E-state index in [9.17, 15) is 4.79 Å². The van der Waals surface area contributed by atoms with Crippen LogP contribution in [0.25, 0.3) is 0 Å². The van der Waals surface area contributed by atoms with E-state index >= 15 is 0 Å². The van der Waals surface area contributed by atoms with Gasteiger partial charge in [0.05, 0.1) is 11.3 Å². The minimum atomic E-state index is -0.0498. The highest BCUT2D eigenvalue weighted by molar-refractivity contribution is 5.91. The highest BCUT2D eigenvalue weighted by Gasteiger charge is 2.04. The second kappa shape index (κ2) is 7.84. The van der Waals surface area contributed by atoms with Crippen molar-refractivity contribution in [3.05, 3.63) is 59.7 Å². The van der Waals surface area contributed by atoms with E-state index in [1.807, 2.05) is 42.5 Å². The zero-order chi connectivity index (χ0) is 15.8. The van der Waals surface area contributed by atoms with E-state index in [1.54, 1.807) is 6.07 Å². The van der Waals surface area contributed by atoms with Crippen LogP contribution in [0.5, 0.6) is 0 Å². The second-order valence-corrected chi connectivity index (χ2v) is 4.93. The molecule has 0 fully saturated rings. The maximum Gasteiger partial charge on any atom is 0.226 e. The average Bonchev–Trinajstić information content (AvgIpc) is 2.56. The number of nitrogens with one attached hydrogen (secondary N) is 2. The molecule has 4 nitrogen and oxygen atoms in total. The Balaban J connectivity index is 1.81. The molecular formula is C18H19N3O. The van der Waals surface area contributed by atoms with Gasteiger partial charge in [0.1, 0.15) is 6.07 Å². The molecule has 0 saturated carbocycles. The molecule has 0 spiro atoms. The molecule has 0 aromatic heterocycles. The smallest absolute Gasteiger partial charge is 0.226 e. The predicted octanol–water partition coefficient (Wildman–Crippen LogP) is 3.56. The standard InChI is InChI=1S/C18H19N3O/c1-2-14-7-9-16(10-8-14)21-18(22)11-12-20-17-6-4-3-5-15(17)13-19/h3-10,20H,2,11-12H2,1H3,(H,21,22). The average molecular weight is 293 g/mol. The number of carbonyl (C=O) groups is 1. The number of aryl methyl sites for hydroxylation is 1. The number of nitriles is 1. The summed E-state index contributed by atoms with van der Waals surface area (Å²) in [5.41, 5.74) is 3.38. The van der Waals surface area contributed by atoms with E-state index in [4.69, 9.17) is 5.26 Å². The SMILES string of the molecule is CCc1ccc(NC(=O)CCNc2ccccc2C#N)cc1. The van der Waals surface area contributed by atoms with Crippen molar-refractivity contribution in [1.29, 1.82) is 5.26 Å². The molecular weight excluding hydrogens is 274 g/mol. The van der Waals surface area contributed by atoms with Crippen LogP contribution in [0.1, 0.15) is 24.5 Å². The van der Waals surface area contributed by atoms with Gasteiger partial charge in [0, 0.05) is 18.7 Å². The van der Waals surface area contributed by atoms with Crippen LogP contribution < -0.4 is 10.6 Å². The summed E-state index contributed by atoms with van der Waals surface area (Å²) in [6, 6.07) is 17.2. The molecule has 0 aliphatic rings. The molecule has 0 heterocycles. The lowest BCUT2D eigenvalue weighted by Crippen LogP contribution is -2.16. The largest absolute Gasteiger partial charge is 0.383 e. The molecule has 0 saturated heterocycles. The number of para-hydroxylation sites is 1. The number of amides is 1. The molecule has 112 valence electrons. The highest BCUT2D eigenvalue weighted by atomic mass is 16.1. The van der Waals surface area contributed by atoms with Gasteiger partial charge in [0.15, 0.2) is 0 Å². The fourth-order valence-corrected chi connectivity index (χ4v) is 2.09. The molecule has 0 atom stereocenters. The zero-order valence-corrected chi connectivity index (χ0v) is 12.6. The van der Waals surface area contributed by atoms with E-state index in [2.05, 4.69) is 23.6 Å². The summed E-state index contributed by atoms with van der Waals surface area (Å²) in [7, 11) is 0. The Morgan fingerprint density at radius 2 is 1.86 bits per heavy atom. The lowest BCUT2D eigenvalue weighted by Gasteiger charge is -2.09.